The van der Waals surface area contributed by atoms with Crippen molar-refractivity contribution in [3.63, 3.8) is 0 Å². The number of aliphatic hydroxyl groups is 1. The molecule has 0 aromatic heterocycles. The van der Waals surface area contributed by atoms with E-state index in [1.165, 1.54) is 6.07 Å². The Morgan fingerprint density at radius 1 is 1.32 bits per heavy atom. The first-order valence-corrected chi connectivity index (χ1v) is 8.54. The van der Waals surface area contributed by atoms with Crippen molar-refractivity contribution < 1.29 is 19.0 Å². The highest BCUT2D eigenvalue weighted by Gasteiger charge is 2.24. The van der Waals surface area contributed by atoms with Crippen molar-refractivity contribution >= 4 is 5.69 Å². The third-order valence-electron chi connectivity index (χ3n) is 4.22. The molecule has 0 saturated heterocycles. The number of aliphatic hydroxyl groups excluding tert-OH is 1. The fourth-order valence-corrected chi connectivity index (χ4v) is 3.04. The largest absolute Gasteiger partial charge is 0.487 e. The van der Waals surface area contributed by atoms with Gasteiger partial charge in [-0.1, -0.05) is 24.3 Å². The van der Waals surface area contributed by atoms with Gasteiger partial charge in [0, 0.05) is 12.1 Å². The number of nitrogens with zero attached hydrogens (tertiary/aromatic N) is 1. The molecule has 0 aliphatic carbocycles. The van der Waals surface area contributed by atoms with Crippen molar-refractivity contribution in [1.82, 2.24) is 0 Å². The highest BCUT2D eigenvalue weighted by atomic mass is 19.1. The standard InChI is InChI=1S/C20H24FNO3/c1-14-7-8-19-20(9-14)25-15(2)10-22(19)11-17(23)13-24-12-16-5-3-4-6-18(16)21/h3-9,15,17,23H,10-13H2,1-2H3/t15-,17+/m0/s1. The molecule has 4 nitrogen and oxygen atoms in total. The molecule has 0 spiro atoms. The molecule has 3 rings (SSSR count). The summed E-state index contributed by atoms with van der Waals surface area (Å²) in [5.74, 6) is 0.557. The van der Waals surface area contributed by atoms with Gasteiger partial charge >= 0.3 is 0 Å². The normalized spacial score (nSPS) is 17.8. The van der Waals surface area contributed by atoms with E-state index in [0.29, 0.717) is 18.7 Å². The van der Waals surface area contributed by atoms with Crippen LogP contribution in [0.4, 0.5) is 10.1 Å². The van der Waals surface area contributed by atoms with E-state index in [1.807, 2.05) is 32.0 Å². The fraction of sp³-hybridized carbons (Fsp3) is 0.400. The maximum atomic E-state index is 13.6. The van der Waals surface area contributed by atoms with Crippen LogP contribution in [-0.2, 0) is 11.3 Å². The van der Waals surface area contributed by atoms with Gasteiger partial charge in [-0.2, -0.15) is 0 Å². The number of hydrogen-bond acceptors (Lipinski definition) is 4. The van der Waals surface area contributed by atoms with Gasteiger partial charge in [0.15, 0.2) is 0 Å². The number of aryl methyl sites for hydroxylation is 1. The number of benzene rings is 2. The molecule has 1 aliphatic rings. The molecule has 0 unspecified atom stereocenters. The Bertz CT molecular complexity index is 722. The number of halogens is 1. The summed E-state index contributed by atoms with van der Waals surface area (Å²) >= 11 is 0. The minimum absolute atomic E-state index is 0.0563. The zero-order chi connectivity index (χ0) is 17.8. The van der Waals surface area contributed by atoms with E-state index in [9.17, 15) is 9.50 Å². The lowest BCUT2D eigenvalue weighted by Crippen LogP contribution is -2.43. The first kappa shape index (κ1) is 17.7. The Morgan fingerprint density at radius 2 is 2.12 bits per heavy atom. The van der Waals surface area contributed by atoms with Gasteiger partial charge < -0.3 is 19.5 Å². The fourth-order valence-electron chi connectivity index (χ4n) is 3.04. The average molecular weight is 345 g/mol. The molecular weight excluding hydrogens is 321 g/mol. The van der Waals surface area contributed by atoms with Gasteiger partial charge in [0.2, 0.25) is 0 Å². The lowest BCUT2D eigenvalue weighted by molar-refractivity contribution is 0.0297. The zero-order valence-electron chi connectivity index (χ0n) is 14.6. The molecule has 5 heteroatoms. The summed E-state index contributed by atoms with van der Waals surface area (Å²) in [5.41, 5.74) is 2.62. The van der Waals surface area contributed by atoms with E-state index >= 15 is 0 Å². The molecule has 25 heavy (non-hydrogen) atoms. The number of fused-ring (bicyclic) bond motifs is 1. The molecule has 0 saturated carbocycles. The summed E-state index contributed by atoms with van der Waals surface area (Å²) in [6.45, 7) is 5.50. The zero-order valence-corrected chi connectivity index (χ0v) is 14.6. The summed E-state index contributed by atoms with van der Waals surface area (Å²) in [5, 5.41) is 10.3. The second-order valence-electron chi connectivity index (χ2n) is 6.56. The topological polar surface area (TPSA) is 41.9 Å². The van der Waals surface area contributed by atoms with E-state index in [2.05, 4.69) is 4.90 Å². The second kappa shape index (κ2) is 7.85. The van der Waals surface area contributed by atoms with Crippen LogP contribution in [0, 0.1) is 12.7 Å². The molecule has 0 fully saturated rings. The smallest absolute Gasteiger partial charge is 0.143 e. The molecule has 0 bridgehead atoms. The maximum Gasteiger partial charge on any atom is 0.143 e. The first-order chi connectivity index (χ1) is 12.0. The average Bonchev–Trinajstić information content (AvgIpc) is 2.56. The lowest BCUT2D eigenvalue weighted by atomic mass is 10.1. The summed E-state index contributed by atoms with van der Waals surface area (Å²) < 4.78 is 24.9. The predicted octanol–water partition coefficient (Wildman–Crippen LogP) is 3.30. The number of ether oxygens (including phenoxy) is 2. The predicted molar refractivity (Wildman–Crippen MR) is 95.5 cm³/mol. The van der Waals surface area contributed by atoms with Crippen LogP contribution >= 0.6 is 0 Å². The van der Waals surface area contributed by atoms with Crippen LogP contribution in [0.5, 0.6) is 5.75 Å². The van der Waals surface area contributed by atoms with E-state index in [1.54, 1.807) is 18.2 Å². The molecular formula is C20H24FNO3. The van der Waals surface area contributed by atoms with Crippen LogP contribution < -0.4 is 9.64 Å². The molecule has 2 atom stereocenters. The Morgan fingerprint density at radius 3 is 2.92 bits per heavy atom. The Hall–Kier alpha value is -2.11. The quantitative estimate of drug-likeness (QED) is 0.872. The SMILES string of the molecule is Cc1ccc2c(c1)O[C@@H](C)CN2C[C@@H](O)COCc1ccccc1F. The molecule has 1 aliphatic heterocycles. The highest BCUT2D eigenvalue weighted by molar-refractivity contribution is 5.61. The van der Waals surface area contributed by atoms with Crippen molar-refractivity contribution in [3.05, 3.63) is 59.4 Å². The van der Waals surface area contributed by atoms with Crippen LogP contribution in [-0.4, -0.2) is 37.0 Å². The molecule has 2 aromatic carbocycles. The summed E-state index contributed by atoms with van der Waals surface area (Å²) in [7, 11) is 0. The van der Waals surface area contributed by atoms with Crippen molar-refractivity contribution in [2.24, 2.45) is 0 Å². The molecule has 134 valence electrons. The first-order valence-electron chi connectivity index (χ1n) is 8.54. The van der Waals surface area contributed by atoms with Crippen molar-refractivity contribution in [1.29, 1.82) is 0 Å². The highest BCUT2D eigenvalue weighted by Crippen LogP contribution is 2.34. The monoisotopic (exact) mass is 345 g/mol. The van der Waals surface area contributed by atoms with Crippen LogP contribution in [0.3, 0.4) is 0 Å². The summed E-state index contributed by atoms with van der Waals surface area (Å²) in [4.78, 5) is 2.11. The van der Waals surface area contributed by atoms with Gasteiger partial charge in [-0.15, -0.1) is 0 Å². The van der Waals surface area contributed by atoms with Crippen molar-refractivity contribution in [2.45, 2.75) is 32.7 Å². The summed E-state index contributed by atoms with van der Waals surface area (Å²) in [6, 6.07) is 12.6. The third-order valence-corrected chi connectivity index (χ3v) is 4.22. The minimum atomic E-state index is -0.661. The van der Waals surface area contributed by atoms with Gasteiger partial charge in [-0.05, 0) is 37.6 Å². The van der Waals surface area contributed by atoms with Crippen molar-refractivity contribution in [3.8, 4) is 5.75 Å². The van der Waals surface area contributed by atoms with Crippen molar-refractivity contribution in [2.75, 3.05) is 24.6 Å². The number of rotatable bonds is 6. The van der Waals surface area contributed by atoms with E-state index < -0.39 is 6.10 Å². The molecule has 2 aromatic rings. The third kappa shape index (κ3) is 4.50. The van der Waals surface area contributed by atoms with Crippen LogP contribution in [0.1, 0.15) is 18.1 Å². The number of anilines is 1. The van der Waals surface area contributed by atoms with E-state index in [0.717, 1.165) is 17.0 Å². The molecule has 0 radical (unpaired) electrons. The summed E-state index contributed by atoms with van der Waals surface area (Å²) in [6.07, 6.45) is -0.605. The minimum Gasteiger partial charge on any atom is -0.487 e. The van der Waals surface area contributed by atoms with Gasteiger partial charge in [-0.25, -0.2) is 4.39 Å². The second-order valence-corrected chi connectivity index (χ2v) is 6.56. The maximum absolute atomic E-state index is 13.6. The molecule has 1 heterocycles. The van der Waals surface area contributed by atoms with Crippen LogP contribution in [0.15, 0.2) is 42.5 Å². The van der Waals surface area contributed by atoms with E-state index in [-0.39, 0.29) is 25.1 Å². The number of β-amino-alcohol motifs (C(OH)–C–C–N with tert-alkyl or cyclic N) is 1. The number of hydrogen-bond donors (Lipinski definition) is 1. The Labute approximate surface area is 147 Å². The Kier molecular flexibility index (Phi) is 5.56. The molecule has 0 amide bonds. The van der Waals surface area contributed by atoms with Gasteiger partial charge in [0.25, 0.3) is 0 Å². The van der Waals surface area contributed by atoms with Crippen LogP contribution in [0.2, 0.25) is 0 Å². The van der Waals surface area contributed by atoms with E-state index in [4.69, 9.17) is 9.47 Å². The van der Waals surface area contributed by atoms with Gasteiger partial charge in [0.1, 0.15) is 17.7 Å². The van der Waals surface area contributed by atoms with Crippen LogP contribution in [0.25, 0.3) is 0 Å². The lowest BCUT2D eigenvalue weighted by Gasteiger charge is -2.36. The molecule has 1 N–H and O–H groups in total. The Balaban J connectivity index is 1.56. The van der Waals surface area contributed by atoms with Gasteiger partial charge in [0.05, 0.1) is 31.5 Å². The van der Waals surface area contributed by atoms with Gasteiger partial charge in [-0.3, -0.25) is 0 Å².